The summed E-state index contributed by atoms with van der Waals surface area (Å²) in [6.45, 7) is 11.1. The van der Waals surface area contributed by atoms with Crippen LogP contribution in [-0.2, 0) is 33.7 Å². The summed E-state index contributed by atoms with van der Waals surface area (Å²) in [4.78, 5) is 49.6. The third-order valence-electron chi connectivity index (χ3n) is 6.93. The van der Waals surface area contributed by atoms with Crippen LogP contribution in [0.4, 0.5) is 0 Å². The van der Waals surface area contributed by atoms with E-state index in [1.165, 1.54) is 6.20 Å². The van der Waals surface area contributed by atoms with Crippen molar-refractivity contribution in [2.45, 2.75) is 72.1 Å². The van der Waals surface area contributed by atoms with Crippen LogP contribution in [0.2, 0.25) is 5.02 Å². The summed E-state index contributed by atoms with van der Waals surface area (Å²) < 4.78 is 11.2. The van der Waals surface area contributed by atoms with Gasteiger partial charge in [0, 0.05) is 52.5 Å². The largest absolute Gasteiger partial charge is 0.460 e. The fourth-order valence-corrected chi connectivity index (χ4v) is 5.30. The number of carbonyl (C=O) groups is 3. The van der Waals surface area contributed by atoms with Crippen molar-refractivity contribution in [2.75, 3.05) is 0 Å². The van der Waals surface area contributed by atoms with Crippen molar-refractivity contribution in [1.82, 2.24) is 20.3 Å². The number of aromatic amines is 2. The predicted octanol–water partition coefficient (Wildman–Crippen LogP) is 7.06. The number of aromatic nitrogens is 3. The average molecular weight is 629 g/mol. The lowest BCUT2D eigenvalue weighted by Crippen LogP contribution is -2.27. The predicted molar refractivity (Wildman–Crippen MR) is 175 cm³/mol. The highest BCUT2D eigenvalue weighted by Crippen LogP contribution is 2.28. The number of nitrogens with one attached hydrogen (secondary N) is 3. The molecule has 0 fully saturated rings. The molecule has 0 spiro atoms. The maximum Gasteiger partial charge on any atom is 0.355 e. The average Bonchev–Trinajstić information content (AvgIpc) is 3.49. The molecule has 0 saturated carbocycles. The monoisotopic (exact) mass is 628 g/mol. The Bertz CT molecular complexity index is 1910. The zero-order valence-electron chi connectivity index (χ0n) is 26.3. The molecule has 0 aliphatic heterocycles. The van der Waals surface area contributed by atoms with Gasteiger partial charge < -0.3 is 24.8 Å². The molecule has 3 N–H and O–H groups in total. The van der Waals surface area contributed by atoms with Crippen molar-refractivity contribution in [1.29, 1.82) is 0 Å². The number of fused-ring (bicyclic) bond motifs is 2. The molecule has 9 nitrogen and oxygen atoms in total. The number of benzene rings is 2. The number of amides is 1. The van der Waals surface area contributed by atoms with Gasteiger partial charge >= 0.3 is 11.9 Å². The van der Waals surface area contributed by atoms with Crippen molar-refractivity contribution in [3.63, 3.8) is 0 Å². The van der Waals surface area contributed by atoms with Gasteiger partial charge in [0.1, 0.15) is 16.9 Å². The number of ether oxygens (including phenoxy) is 2. The SMILES string of the molecule is CC(C)(C)OC(=O)Cc1c(C(=O)OC(C)(C)C)[nH]c2ccc(Cc3cncc(C(=O)NCc4ccc5[nH]cc(Cl)c5c4)c3)cc12. The first kappa shape index (κ1) is 31.8. The molecular formula is C35H37ClN4O5. The maximum atomic E-state index is 13.1. The van der Waals surface area contributed by atoms with E-state index < -0.39 is 23.1 Å². The van der Waals surface area contributed by atoms with E-state index >= 15 is 0 Å². The molecule has 0 atom stereocenters. The first-order valence-corrected chi connectivity index (χ1v) is 15.1. The molecule has 45 heavy (non-hydrogen) atoms. The normalized spacial score (nSPS) is 12.0. The fraction of sp³-hybridized carbons (Fsp3) is 0.314. The molecule has 3 aromatic heterocycles. The summed E-state index contributed by atoms with van der Waals surface area (Å²) in [6.07, 6.45) is 5.36. The number of esters is 2. The van der Waals surface area contributed by atoms with Crippen LogP contribution in [0, 0.1) is 0 Å². The van der Waals surface area contributed by atoms with E-state index in [1.54, 1.807) is 53.9 Å². The highest BCUT2D eigenvalue weighted by Gasteiger charge is 2.27. The molecule has 0 unspecified atom stereocenters. The number of rotatable bonds is 8. The second-order valence-corrected chi connectivity index (χ2v) is 13.5. The van der Waals surface area contributed by atoms with Gasteiger partial charge in [0.25, 0.3) is 5.91 Å². The number of pyridine rings is 1. The second-order valence-electron chi connectivity index (χ2n) is 13.1. The molecule has 1 amide bonds. The summed E-state index contributed by atoms with van der Waals surface area (Å²) in [5.74, 6) is -1.23. The molecule has 5 aromatic rings. The number of carbonyl (C=O) groups excluding carboxylic acids is 3. The first-order valence-electron chi connectivity index (χ1n) is 14.7. The third kappa shape index (κ3) is 7.91. The van der Waals surface area contributed by atoms with Crippen LogP contribution in [0.1, 0.15) is 84.6 Å². The Labute approximate surface area is 266 Å². The minimum Gasteiger partial charge on any atom is -0.460 e. The highest BCUT2D eigenvalue weighted by molar-refractivity contribution is 6.35. The van der Waals surface area contributed by atoms with Crippen molar-refractivity contribution < 1.29 is 23.9 Å². The zero-order valence-corrected chi connectivity index (χ0v) is 27.0. The molecule has 0 bridgehead atoms. The van der Waals surface area contributed by atoms with Crippen LogP contribution in [-0.4, -0.2) is 44.0 Å². The van der Waals surface area contributed by atoms with Gasteiger partial charge in [0.2, 0.25) is 0 Å². The summed E-state index contributed by atoms with van der Waals surface area (Å²) in [5.41, 5.74) is 4.10. The van der Waals surface area contributed by atoms with Gasteiger partial charge in [-0.15, -0.1) is 0 Å². The lowest BCUT2D eigenvalue weighted by atomic mass is 10.0. The van der Waals surface area contributed by atoms with Crippen LogP contribution in [0.15, 0.2) is 61.1 Å². The number of hydrogen-bond donors (Lipinski definition) is 3. The van der Waals surface area contributed by atoms with Gasteiger partial charge in [-0.1, -0.05) is 23.7 Å². The van der Waals surface area contributed by atoms with Crippen LogP contribution in [0.3, 0.4) is 0 Å². The minimum atomic E-state index is -0.712. The van der Waals surface area contributed by atoms with Crippen molar-refractivity contribution >= 4 is 51.3 Å². The third-order valence-corrected chi connectivity index (χ3v) is 7.24. The molecule has 5 rings (SSSR count). The van der Waals surface area contributed by atoms with E-state index in [-0.39, 0.29) is 18.0 Å². The quantitative estimate of drug-likeness (QED) is 0.158. The Morgan fingerprint density at radius 1 is 0.844 bits per heavy atom. The highest BCUT2D eigenvalue weighted by atomic mass is 35.5. The van der Waals surface area contributed by atoms with Gasteiger partial charge in [0.05, 0.1) is 17.0 Å². The molecular weight excluding hydrogens is 592 g/mol. The molecule has 3 heterocycles. The van der Waals surface area contributed by atoms with E-state index in [0.717, 1.165) is 33.0 Å². The molecule has 234 valence electrons. The number of nitrogens with zero attached hydrogens (tertiary/aromatic N) is 1. The fourth-order valence-electron chi connectivity index (χ4n) is 5.09. The lowest BCUT2D eigenvalue weighted by Gasteiger charge is -2.20. The van der Waals surface area contributed by atoms with Gasteiger partial charge in [-0.25, -0.2) is 4.79 Å². The Hall–Kier alpha value is -4.63. The van der Waals surface area contributed by atoms with E-state index in [0.29, 0.717) is 34.6 Å². The van der Waals surface area contributed by atoms with E-state index in [4.69, 9.17) is 21.1 Å². The van der Waals surface area contributed by atoms with Crippen LogP contribution in [0.5, 0.6) is 0 Å². The van der Waals surface area contributed by atoms with Gasteiger partial charge in [-0.2, -0.15) is 0 Å². The smallest absolute Gasteiger partial charge is 0.355 e. The van der Waals surface area contributed by atoms with Gasteiger partial charge in [-0.3, -0.25) is 14.6 Å². The summed E-state index contributed by atoms with van der Waals surface area (Å²) >= 11 is 6.24. The first-order chi connectivity index (χ1) is 21.1. The van der Waals surface area contributed by atoms with Crippen LogP contribution >= 0.6 is 11.6 Å². The molecule has 10 heteroatoms. The van der Waals surface area contributed by atoms with E-state index in [9.17, 15) is 14.4 Å². The number of H-pyrrole nitrogens is 2. The molecule has 2 aromatic carbocycles. The Morgan fingerprint density at radius 3 is 2.27 bits per heavy atom. The minimum absolute atomic E-state index is 0.101. The Balaban J connectivity index is 1.36. The Morgan fingerprint density at radius 2 is 1.53 bits per heavy atom. The number of halogens is 1. The van der Waals surface area contributed by atoms with Crippen molar-refractivity contribution in [3.8, 4) is 0 Å². The van der Waals surface area contributed by atoms with Crippen LogP contribution in [0.25, 0.3) is 21.8 Å². The van der Waals surface area contributed by atoms with E-state index in [2.05, 4.69) is 20.3 Å². The van der Waals surface area contributed by atoms with Crippen molar-refractivity contribution in [2.24, 2.45) is 0 Å². The molecule has 0 aliphatic carbocycles. The topological polar surface area (TPSA) is 126 Å². The summed E-state index contributed by atoms with van der Waals surface area (Å²) in [7, 11) is 0. The van der Waals surface area contributed by atoms with Gasteiger partial charge in [-0.05, 0) is 95.0 Å². The molecule has 0 radical (unpaired) electrons. The zero-order chi connectivity index (χ0) is 32.5. The maximum absolute atomic E-state index is 13.1. The lowest BCUT2D eigenvalue weighted by molar-refractivity contribution is -0.153. The second kappa shape index (κ2) is 12.4. The summed E-state index contributed by atoms with van der Waals surface area (Å²) in [5, 5.41) is 5.21. The van der Waals surface area contributed by atoms with E-state index in [1.807, 2.05) is 42.5 Å². The Kier molecular flexibility index (Phi) is 8.76. The summed E-state index contributed by atoms with van der Waals surface area (Å²) in [6, 6.07) is 13.4. The van der Waals surface area contributed by atoms with Crippen molar-refractivity contribution in [3.05, 3.63) is 99.6 Å². The van der Waals surface area contributed by atoms with Crippen LogP contribution < -0.4 is 5.32 Å². The standard InChI is InChI=1S/C35H37ClN4O5/c1-34(2,3)44-30(41)15-25-24-13-20(7-10-29(24)40-31(25)33(43)45-35(4,5)6)11-22-12-23(18-37-16-22)32(42)39-17-21-8-9-28-26(14-21)27(36)19-38-28/h7-10,12-14,16,18-19,38,40H,11,15,17H2,1-6H3,(H,39,42). The van der Waals surface area contributed by atoms with Gasteiger partial charge in [0.15, 0.2) is 0 Å². The molecule has 0 aliphatic rings. The molecule has 0 saturated heterocycles. The number of hydrogen-bond acceptors (Lipinski definition) is 6.